The molecule has 0 unspecified atom stereocenters. The topological polar surface area (TPSA) is 0 Å². The summed E-state index contributed by atoms with van der Waals surface area (Å²) < 4.78 is 0. The third-order valence-electron chi connectivity index (χ3n) is 15.4. The van der Waals surface area contributed by atoms with E-state index >= 15 is 0 Å². The van der Waals surface area contributed by atoms with E-state index in [2.05, 4.69) is 243 Å². The largest absolute Gasteiger partial charge is 0.0732 e. The maximum atomic E-state index is 2.52. The van der Waals surface area contributed by atoms with Gasteiger partial charge in [0, 0.05) is 0 Å². The van der Waals surface area contributed by atoms with Crippen molar-refractivity contribution in [2.45, 2.75) is 5.41 Å². The van der Waals surface area contributed by atoms with Crippen molar-refractivity contribution < 1.29 is 0 Å². The lowest BCUT2D eigenvalue weighted by molar-refractivity contribution is 0.802. The Labute approximate surface area is 388 Å². The minimum absolute atomic E-state index is 0.490. The molecule has 0 aliphatic heterocycles. The third-order valence-corrected chi connectivity index (χ3v) is 15.4. The molecule has 0 atom stereocenters. The summed E-state index contributed by atoms with van der Waals surface area (Å²) in [7, 11) is 0. The van der Waals surface area contributed by atoms with Crippen LogP contribution in [0.25, 0.3) is 120 Å². The molecule has 0 saturated carbocycles. The first-order valence-electron chi connectivity index (χ1n) is 23.5. The Hall–Kier alpha value is -8.58. The van der Waals surface area contributed by atoms with Crippen molar-refractivity contribution in [1.29, 1.82) is 0 Å². The van der Waals surface area contributed by atoms with Crippen LogP contribution in [-0.4, -0.2) is 0 Å². The van der Waals surface area contributed by atoms with Crippen molar-refractivity contribution in [3.05, 3.63) is 265 Å². The van der Waals surface area contributed by atoms with Gasteiger partial charge in [-0.15, -0.1) is 0 Å². The van der Waals surface area contributed by atoms with E-state index in [-0.39, 0.29) is 0 Å². The van der Waals surface area contributed by atoms with Gasteiger partial charge in [0.05, 0.1) is 5.41 Å². The monoisotopic (exact) mass is 844 g/mol. The molecule has 13 aromatic carbocycles. The Morgan fingerprint density at radius 1 is 0.209 bits per heavy atom. The van der Waals surface area contributed by atoms with Gasteiger partial charge in [0.15, 0.2) is 0 Å². The lowest BCUT2D eigenvalue weighted by atomic mass is 9.69. The van der Waals surface area contributed by atoms with Crippen LogP contribution in [0.4, 0.5) is 0 Å². The molecule has 15 rings (SSSR count). The minimum atomic E-state index is -0.490. The smallest absolute Gasteiger partial charge is 0.0622 e. The SMILES string of the molecule is c1ccc(-c2ccc3cc(-c4c5ccccc5c(-c5ccc6c7c(c8ccccc8c6c5)-c5c(ccc6ccccc56)C75c6ccccc6-c6ccccc65)c5ccccc45)ccc3c2)cc1. The average molecular weight is 845 g/mol. The quantitative estimate of drug-likeness (QED) is 0.123. The molecule has 0 heteroatoms. The van der Waals surface area contributed by atoms with Crippen LogP contribution in [0.15, 0.2) is 243 Å². The second-order valence-corrected chi connectivity index (χ2v) is 18.6. The summed E-state index contributed by atoms with van der Waals surface area (Å²) in [5.74, 6) is 0. The highest BCUT2D eigenvalue weighted by Gasteiger charge is 2.53. The molecule has 0 bridgehead atoms. The molecule has 0 radical (unpaired) electrons. The van der Waals surface area contributed by atoms with E-state index in [0.717, 1.165) is 0 Å². The first-order valence-corrected chi connectivity index (χ1v) is 23.5. The number of hydrogen-bond donors (Lipinski definition) is 0. The molecule has 67 heavy (non-hydrogen) atoms. The Morgan fingerprint density at radius 2 is 0.672 bits per heavy atom. The van der Waals surface area contributed by atoms with Gasteiger partial charge in [0.25, 0.3) is 0 Å². The van der Waals surface area contributed by atoms with Gasteiger partial charge in [0.2, 0.25) is 0 Å². The Bertz CT molecular complexity index is 4160. The highest BCUT2D eigenvalue weighted by atomic mass is 14.5. The number of rotatable bonds is 3. The molecular weight excluding hydrogens is 805 g/mol. The normalized spacial score (nSPS) is 13.2. The summed E-state index contributed by atoms with van der Waals surface area (Å²) in [5, 5.41) is 15.3. The molecule has 308 valence electrons. The fraction of sp³-hybridized carbons (Fsp3) is 0.0149. The van der Waals surface area contributed by atoms with E-state index in [1.807, 2.05) is 0 Å². The highest BCUT2D eigenvalue weighted by molar-refractivity contribution is 6.26. The second-order valence-electron chi connectivity index (χ2n) is 18.6. The van der Waals surface area contributed by atoms with Gasteiger partial charge in [-0.05, 0) is 161 Å². The average Bonchev–Trinajstić information content (AvgIpc) is 3.88. The summed E-state index contributed by atoms with van der Waals surface area (Å²) >= 11 is 0. The van der Waals surface area contributed by atoms with Gasteiger partial charge in [-0.25, -0.2) is 0 Å². The van der Waals surface area contributed by atoms with Crippen LogP contribution in [0.1, 0.15) is 22.3 Å². The van der Waals surface area contributed by atoms with Crippen molar-refractivity contribution in [3.63, 3.8) is 0 Å². The molecule has 13 aromatic rings. The fourth-order valence-electron chi connectivity index (χ4n) is 12.7. The first kappa shape index (κ1) is 36.7. The standard InChI is InChI=1S/C67H40/c1-2-16-41(17-3-1)43-30-31-45-39-46(33-32-44(45)38-43)62-53-24-8-10-26-55(53)63(56-27-11-9-25-54(56)62)47-34-36-57-58(40-47)49-20-6-7-23-52(49)65-64-48-19-5-4-18-42(48)35-37-61(64)67(66(57)65)59-28-14-12-21-50(59)51-22-13-15-29-60(51)67/h1-40H. The van der Waals surface area contributed by atoms with Crippen molar-refractivity contribution in [2.24, 2.45) is 0 Å². The maximum Gasteiger partial charge on any atom is 0.0732 e. The molecule has 1 spiro atoms. The summed E-state index contributed by atoms with van der Waals surface area (Å²) in [5.41, 5.74) is 17.9. The lowest BCUT2D eigenvalue weighted by Crippen LogP contribution is -2.26. The van der Waals surface area contributed by atoms with Gasteiger partial charge in [-0.2, -0.15) is 0 Å². The molecule has 0 amide bonds. The number of fused-ring (bicyclic) bond motifs is 20. The zero-order valence-corrected chi connectivity index (χ0v) is 36.6. The number of hydrogen-bond acceptors (Lipinski definition) is 0. The number of benzene rings is 13. The maximum absolute atomic E-state index is 2.52. The predicted octanol–water partition coefficient (Wildman–Crippen LogP) is 18.0. The van der Waals surface area contributed by atoms with Gasteiger partial charge in [-0.1, -0.05) is 224 Å². The molecule has 0 heterocycles. The molecule has 0 saturated heterocycles. The predicted molar refractivity (Wildman–Crippen MR) is 284 cm³/mol. The molecule has 0 N–H and O–H groups in total. The van der Waals surface area contributed by atoms with Crippen LogP contribution >= 0.6 is 0 Å². The second kappa shape index (κ2) is 13.7. The summed E-state index contributed by atoms with van der Waals surface area (Å²) in [6, 6.07) is 91.4. The van der Waals surface area contributed by atoms with Gasteiger partial charge in [0.1, 0.15) is 0 Å². The summed E-state index contributed by atoms with van der Waals surface area (Å²) in [4.78, 5) is 0. The summed E-state index contributed by atoms with van der Waals surface area (Å²) in [6.45, 7) is 0. The van der Waals surface area contributed by atoms with E-state index in [0.29, 0.717) is 0 Å². The lowest BCUT2D eigenvalue weighted by Gasteiger charge is -2.32. The van der Waals surface area contributed by atoms with Crippen molar-refractivity contribution in [2.75, 3.05) is 0 Å². The third kappa shape index (κ3) is 4.92. The van der Waals surface area contributed by atoms with E-state index in [1.54, 1.807) is 0 Å². The fourth-order valence-corrected chi connectivity index (χ4v) is 12.7. The van der Waals surface area contributed by atoms with Crippen molar-refractivity contribution >= 4 is 64.6 Å². The molecule has 0 nitrogen and oxygen atoms in total. The van der Waals surface area contributed by atoms with Gasteiger partial charge in [-0.3, -0.25) is 0 Å². The van der Waals surface area contributed by atoms with E-state index in [4.69, 9.17) is 0 Å². The van der Waals surface area contributed by atoms with Crippen molar-refractivity contribution in [3.8, 4) is 55.6 Å². The van der Waals surface area contributed by atoms with Crippen LogP contribution in [0.5, 0.6) is 0 Å². The van der Waals surface area contributed by atoms with Crippen LogP contribution in [0, 0.1) is 0 Å². The molecule has 0 fully saturated rings. The van der Waals surface area contributed by atoms with E-state index < -0.39 is 5.41 Å². The Balaban J connectivity index is 1.01. The first-order chi connectivity index (χ1) is 33.3. The molecule has 2 aliphatic carbocycles. The van der Waals surface area contributed by atoms with Crippen molar-refractivity contribution in [1.82, 2.24) is 0 Å². The zero-order chi connectivity index (χ0) is 43.8. The van der Waals surface area contributed by atoms with Crippen LogP contribution in [-0.2, 0) is 5.41 Å². The van der Waals surface area contributed by atoms with Crippen LogP contribution in [0.3, 0.4) is 0 Å². The molecular formula is C67H40. The summed E-state index contributed by atoms with van der Waals surface area (Å²) in [6.07, 6.45) is 0. The Kier molecular flexibility index (Phi) is 7.52. The van der Waals surface area contributed by atoms with Crippen LogP contribution in [0.2, 0.25) is 0 Å². The zero-order valence-electron chi connectivity index (χ0n) is 36.6. The molecule has 0 aromatic heterocycles. The van der Waals surface area contributed by atoms with E-state index in [1.165, 1.54) is 143 Å². The minimum Gasteiger partial charge on any atom is -0.0622 e. The van der Waals surface area contributed by atoms with E-state index in [9.17, 15) is 0 Å². The van der Waals surface area contributed by atoms with Crippen LogP contribution < -0.4 is 0 Å². The Morgan fingerprint density at radius 3 is 1.31 bits per heavy atom. The molecule has 2 aliphatic rings. The van der Waals surface area contributed by atoms with Gasteiger partial charge >= 0.3 is 0 Å². The van der Waals surface area contributed by atoms with Gasteiger partial charge < -0.3 is 0 Å². The highest BCUT2D eigenvalue weighted by Crippen LogP contribution is 2.66.